The third kappa shape index (κ3) is 4.49. The summed E-state index contributed by atoms with van der Waals surface area (Å²) >= 11 is 0. The lowest BCUT2D eigenvalue weighted by molar-refractivity contribution is 0.184. The van der Waals surface area contributed by atoms with Crippen molar-refractivity contribution in [2.24, 2.45) is 5.92 Å². The summed E-state index contributed by atoms with van der Waals surface area (Å²) in [7, 11) is -3.32. The number of benzene rings is 1. The predicted molar refractivity (Wildman–Crippen MR) is 75.0 cm³/mol. The molecule has 106 valence electrons. The van der Waals surface area contributed by atoms with Gasteiger partial charge in [-0.2, -0.15) is 0 Å². The van der Waals surface area contributed by atoms with Crippen molar-refractivity contribution in [1.29, 1.82) is 0 Å². The average molecular weight is 284 g/mol. The van der Waals surface area contributed by atoms with E-state index in [1.807, 2.05) is 0 Å². The van der Waals surface area contributed by atoms with E-state index in [4.69, 9.17) is 10.5 Å². The molecule has 1 heterocycles. The number of nitrogens with two attached hydrogens (primary N) is 1. The van der Waals surface area contributed by atoms with Gasteiger partial charge in [0.1, 0.15) is 0 Å². The number of ether oxygens (including phenoxy) is 1. The SMILES string of the molecule is Nc1ccccc1CS(=O)(=O)NCCC1CCOC1. The summed E-state index contributed by atoms with van der Waals surface area (Å²) in [5.74, 6) is 0.408. The van der Waals surface area contributed by atoms with Crippen molar-refractivity contribution in [2.45, 2.75) is 18.6 Å². The van der Waals surface area contributed by atoms with Gasteiger partial charge in [-0.3, -0.25) is 0 Å². The number of hydrogen-bond donors (Lipinski definition) is 2. The first kappa shape index (κ1) is 14.3. The molecule has 1 aliphatic heterocycles. The van der Waals surface area contributed by atoms with Crippen molar-refractivity contribution in [3.63, 3.8) is 0 Å². The Balaban J connectivity index is 1.83. The monoisotopic (exact) mass is 284 g/mol. The molecule has 19 heavy (non-hydrogen) atoms. The number of nitrogen functional groups attached to an aromatic ring is 1. The van der Waals surface area contributed by atoms with E-state index >= 15 is 0 Å². The van der Waals surface area contributed by atoms with Crippen LogP contribution in [0.25, 0.3) is 0 Å². The van der Waals surface area contributed by atoms with Gasteiger partial charge >= 0.3 is 0 Å². The number of hydrogen-bond acceptors (Lipinski definition) is 4. The largest absolute Gasteiger partial charge is 0.398 e. The molecule has 2 rings (SSSR count). The molecule has 0 spiro atoms. The summed E-state index contributed by atoms with van der Waals surface area (Å²) in [6.45, 7) is 1.99. The van der Waals surface area contributed by atoms with E-state index in [0.717, 1.165) is 26.1 Å². The standard InChI is InChI=1S/C13H20N2O3S/c14-13-4-2-1-3-12(13)10-19(16,17)15-7-5-11-6-8-18-9-11/h1-4,11,15H,5-10,14H2. The van der Waals surface area contributed by atoms with Crippen LogP contribution >= 0.6 is 0 Å². The Kier molecular flexibility index (Phi) is 4.79. The lowest BCUT2D eigenvalue weighted by Gasteiger charge is -2.10. The zero-order valence-corrected chi connectivity index (χ0v) is 11.7. The zero-order chi connectivity index (χ0) is 13.7. The minimum atomic E-state index is -3.32. The molecular formula is C13H20N2O3S. The fourth-order valence-corrected chi connectivity index (χ4v) is 3.35. The van der Waals surface area contributed by atoms with Crippen LogP contribution in [0.1, 0.15) is 18.4 Å². The topological polar surface area (TPSA) is 81.4 Å². The molecule has 6 heteroatoms. The fraction of sp³-hybridized carbons (Fsp3) is 0.538. The molecule has 5 nitrogen and oxygen atoms in total. The Morgan fingerprint density at radius 3 is 2.84 bits per heavy atom. The minimum absolute atomic E-state index is 0.0686. The maximum absolute atomic E-state index is 11.9. The van der Waals surface area contributed by atoms with Crippen LogP contribution in [0, 0.1) is 5.92 Å². The Bertz CT molecular complexity index is 510. The van der Waals surface area contributed by atoms with Crippen LogP contribution in [0.15, 0.2) is 24.3 Å². The Morgan fingerprint density at radius 2 is 2.16 bits per heavy atom. The summed E-state index contributed by atoms with van der Waals surface area (Å²) in [5, 5.41) is 0. The van der Waals surface area contributed by atoms with Gasteiger partial charge in [0.25, 0.3) is 0 Å². The van der Waals surface area contributed by atoms with Gasteiger partial charge in [-0.25, -0.2) is 13.1 Å². The maximum Gasteiger partial charge on any atom is 0.215 e. The lowest BCUT2D eigenvalue weighted by atomic mass is 10.1. The molecule has 3 N–H and O–H groups in total. The molecule has 1 fully saturated rings. The second-order valence-corrected chi connectivity index (χ2v) is 6.68. The van der Waals surface area contributed by atoms with E-state index in [1.165, 1.54) is 0 Å². The van der Waals surface area contributed by atoms with E-state index in [2.05, 4.69) is 4.72 Å². The Morgan fingerprint density at radius 1 is 1.37 bits per heavy atom. The van der Waals surface area contributed by atoms with E-state index in [-0.39, 0.29) is 5.75 Å². The molecule has 0 bridgehead atoms. The molecule has 1 unspecified atom stereocenters. The molecule has 0 saturated carbocycles. The van der Waals surface area contributed by atoms with E-state index in [1.54, 1.807) is 24.3 Å². The van der Waals surface area contributed by atoms with Crippen molar-refractivity contribution >= 4 is 15.7 Å². The third-order valence-electron chi connectivity index (χ3n) is 3.30. The van der Waals surface area contributed by atoms with Crippen LogP contribution < -0.4 is 10.5 Å². The van der Waals surface area contributed by atoms with Crippen molar-refractivity contribution in [2.75, 3.05) is 25.5 Å². The predicted octanol–water partition coefficient (Wildman–Crippen LogP) is 1.11. The molecule has 1 saturated heterocycles. The molecule has 0 amide bonds. The smallest absolute Gasteiger partial charge is 0.215 e. The highest BCUT2D eigenvalue weighted by Crippen LogP contribution is 2.16. The second kappa shape index (κ2) is 6.36. The first-order valence-electron chi connectivity index (χ1n) is 6.45. The minimum Gasteiger partial charge on any atom is -0.398 e. The first-order chi connectivity index (χ1) is 9.07. The highest BCUT2D eigenvalue weighted by Gasteiger charge is 2.17. The zero-order valence-electron chi connectivity index (χ0n) is 10.8. The van der Waals surface area contributed by atoms with Gasteiger partial charge in [0.15, 0.2) is 0 Å². The Labute approximate surface area is 114 Å². The van der Waals surface area contributed by atoms with Gasteiger partial charge in [0.05, 0.1) is 5.75 Å². The number of rotatable bonds is 6. The fourth-order valence-electron chi connectivity index (χ4n) is 2.15. The average Bonchev–Trinajstić information content (AvgIpc) is 2.85. The summed E-state index contributed by atoms with van der Waals surface area (Å²) in [6.07, 6.45) is 1.84. The molecule has 1 atom stereocenters. The molecule has 1 aromatic rings. The van der Waals surface area contributed by atoms with Crippen LogP contribution in [0.2, 0.25) is 0 Å². The van der Waals surface area contributed by atoms with Gasteiger partial charge in [-0.15, -0.1) is 0 Å². The third-order valence-corrected chi connectivity index (χ3v) is 4.63. The number of sulfonamides is 1. The summed E-state index contributed by atoms with van der Waals surface area (Å²) in [6, 6.07) is 7.02. The van der Waals surface area contributed by atoms with Gasteiger partial charge in [-0.05, 0) is 30.4 Å². The highest BCUT2D eigenvalue weighted by atomic mass is 32.2. The van der Waals surface area contributed by atoms with Crippen molar-refractivity contribution in [3.05, 3.63) is 29.8 Å². The normalized spacial score (nSPS) is 19.7. The summed E-state index contributed by atoms with van der Waals surface area (Å²) in [5.41, 5.74) is 6.90. The van der Waals surface area contributed by atoms with Crippen LogP contribution in [0.4, 0.5) is 5.69 Å². The molecule has 1 aliphatic rings. The number of nitrogens with one attached hydrogen (secondary N) is 1. The summed E-state index contributed by atoms with van der Waals surface area (Å²) < 4.78 is 31.7. The van der Waals surface area contributed by atoms with E-state index < -0.39 is 10.0 Å². The molecule has 0 aliphatic carbocycles. The maximum atomic E-state index is 11.9. The lowest BCUT2D eigenvalue weighted by Crippen LogP contribution is -2.27. The van der Waals surface area contributed by atoms with Crippen LogP contribution in [-0.4, -0.2) is 28.2 Å². The van der Waals surface area contributed by atoms with Gasteiger partial charge in [0.2, 0.25) is 10.0 Å². The van der Waals surface area contributed by atoms with Gasteiger partial charge < -0.3 is 10.5 Å². The van der Waals surface area contributed by atoms with Crippen LogP contribution in [-0.2, 0) is 20.5 Å². The van der Waals surface area contributed by atoms with Crippen LogP contribution in [0.5, 0.6) is 0 Å². The van der Waals surface area contributed by atoms with Gasteiger partial charge in [0, 0.05) is 25.4 Å². The second-order valence-electron chi connectivity index (χ2n) is 4.87. The van der Waals surface area contributed by atoms with E-state index in [9.17, 15) is 8.42 Å². The van der Waals surface area contributed by atoms with E-state index in [0.29, 0.717) is 23.7 Å². The van der Waals surface area contributed by atoms with Crippen molar-refractivity contribution in [3.8, 4) is 0 Å². The highest BCUT2D eigenvalue weighted by molar-refractivity contribution is 7.88. The Hall–Kier alpha value is -1.11. The molecule has 0 aromatic heterocycles. The molecule has 0 radical (unpaired) electrons. The molecular weight excluding hydrogens is 264 g/mol. The van der Waals surface area contributed by atoms with Crippen LogP contribution in [0.3, 0.4) is 0 Å². The van der Waals surface area contributed by atoms with Gasteiger partial charge in [-0.1, -0.05) is 18.2 Å². The quantitative estimate of drug-likeness (QED) is 0.767. The van der Waals surface area contributed by atoms with Crippen molar-refractivity contribution in [1.82, 2.24) is 4.72 Å². The number of anilines is 1. The van der Waals surface area contributed by atoms with Crippen molar-refractivity contribution < 1.29 is 13.2 Å². The first-order valence-corrected chi connectivity index (χ1v) is 8.10. The molecule has 1 aromatic carbocycles. The summed E-state index contributed by atoms with van der Waals surface area (Å²) in [4.78, 5) is 0. The number of para-hydroxylation sites is 1.